The first kappa shape index (κ1) is 20.6. The predicted molar refractivity (Wildman–Crippen MR) is 106 cm³/mol. The molecule has 0 saturated carbocycles. The van der Waals surface area contributed by atoms with Gasteiger partial charge >= 0.3 is 0 Å². The van der Waals surface area contributed by atoms with Crippen LogP contribution in [-0.4, -0.2) is 52.4 Å². The van der Waals surface area contributed by atoms with Crippen LogP contribution in [0.1, 0.15) is 41.4 Å². The lowest BCUT2D eigenvalue weighted by Crippen LogP contribution is -3.07. The highest BCUT2D eigenvalue weighted by Gasteiger charge is 2.26. The second-order valence-corrected chi connectivity index (χ2v) is 9.28. The highest BCUT2D eigenvalue weighted by atomic mass is 32.2. The molecule has 2 aromatic rings. The van der Waals surface area contributed by atoms with Gasteiger partial charge in [-0.1, -0.05) is 6.42 Å². The molecule has 1 atom stereocenters. The number of carbonyl (C=O) groups is 1. The topological polar surface area (TPSA) is 84.1 Å². The number of rotatable bonds is 7. The van der Waals surface area contributed by atoms with Crippen LogP contribution in [0.5, 0.6) is 0 Å². The highest BCUT2D eigenvalue weighted by molar-refractivity contribution is 7.89. The Kier molecular flexibility index (Phi) is 6.53. The first-order valence-corrected chi connectivity index (χ1v) is 11.1. The summed E-state index contributed by atoms with van der Waals surface area (Å²) in [6, 6.07) is 9.88. The number of amides is 1. The summed E-state index contributed by atoms with van der Waals surface area (Å²) < 4.78 is 32.4. The van der Waals surface area contributed by atoms with Crippen LogP contribution in [0, 0.1) is 0 Å². The number of piperidine rings is 1. The Balaban J connectivity index is 1.65. The number of furan rings is 1. The van der Waals surface area contributed by atoms with Crippen LogP contribution < -0.4 is 10.2 Å². The minimum atomic E-state index is -3.49. The van der Waals surface area contributed by atoms with E-state index in [2.05, 4.69) is 5.32 Å². The van der Waals surface area contributed by atoms with Gasteiger partial charge in [-0.3, -0.25) is 4.79 Å². The quantitative estimate of drug-likeness (QED) is 0.721. The smallest absolute Gasteiger partial charge is 0.251 e. The van der Waals surface area contributed by atoms with E-state index in [9.17, 15) is 13.2 Å². The Morgan fingerprint density at radius 2 is 1.82 bits per heavy atom. The second kappa shape index (κ2) is 8.89. The molecule has 1 aliphatic rings. The van der Waals surface area contributed by atoms with Crippen LogP contribution in [0.4, 0.5) is 0 Å². The maximum Gasteiger partial charge on any atom is 0.251 e. The van der Waals surface area contributed by atoms with Crippen molar-refractivity contribution in [3.05, 3.63) is 54.0 Å². The van der Waals surface area contributed by atoms with E-state index in [-0.39, 0.29) is 16.8 Å². The zero-order chi connectivity index (χ0) is 20.1. The number of carbonyl (C=O) groups excluding carboxylic acids is 1. The monoisotopic (exact) mass is 406 g/mol. The van der Waals surface area contributed by atoms with Crippen molar-refractivity contribution in [2.75, 3.05) is 33.7 Å². The fourth-order valence-corrected chi connectivity index (χ4v) is 4.93. The first-order valence-electron chi connectivity index (χ1n) is 9.61. The van der Waals surface area contributed by atoms with Crippen LogP contribution in [0.25, 0.3) is 0 Å². The van der Waals surface area contributed by atoms with Crippen molar-refractivity contribution in [3.63, 3.8) is 0 Å². The van der Waals surface area contributed by atoms with Crippen molar-refractivity contribution < 1.29 is 22.5 Å². The molecule has 1 fully saturated rings. The Morgan fingerprint density at radius 3 is 2.39 bits per heavy atom. The fourth-order valence-electron chi connectivity index (χ4n) is 3.41. The van der Waals surface area contributed by atoms with E-state index in [0.717, 1.165) is 29.9 Å². The van der Waals surface area contributed by atoms with Crippen molar-refractivity contribution in [1.29, 1.82) is 0 Å². The number of hydrogen-bond donors (Lipinski definition) is 2. The van der Waals surface area contributed by atoms with Gasteiger partial charge in [0.1, 0.15) is 0 Å². The van der Waals surface area contributed by atoms with Crippen LogP contribution in [0.15, 0.2) is 52.0 Å². The van der Waals surface area contributed by atoms with Crippen LogP contribution in [0.2, 0.25) is 0 Å². The van der Waals surface area contributed by atoms with Gasteiger partial charge in [0, 0.05) is 18.7 Å². The number of quaternary nitrogens is 1. The van der Waals surface area contributed by atoms with Crippen molar-refractivity contribution in [3.8, 4) is 0 Å². The van der Waals surface area contributed by atoms with Gasteiger partial charge in [0.25, 0.3) is 5.91 Å². The van der Waals surface area contributed by atoms with Crippen molar-refractivity contribution in [2.24, 2.45) is 0 Å². The molecule has 0 bridgehead atoms. The molecule has 1 saturated heterocycles. The first-order chi connectivity index (χ1) is 13.4. The summed E-state index contributed by atoms with van der Waals surface area (Å²) in [5.41, 5.74) is 0.435. The molecule has 0 unspecified atom stereocenters. The Bertz CT molecular complexity index is 871. The van der Waals surface area contributed by atoms with Gasteiger partial charge in [-0.05, 0) is 49.2 Å². The molecule has 7 nitrogen and oxygen atoms in total. The lowest BCUT2D eigenvalue weighted by Gasteiger charge is -2.25. The molecule has 152 valence electrons. The number of hydrogen-bond acceptors (Lipinski definition) is 4. The van der Waals surface area contributed by atoms with Gasteiger partial charge in [0.05, 0.1) is 31.8 Å². The van der Waals surface area contributed by atoms with E-state index < -0.39 is 10.0 Å². The molecule has 28 heavy (non-hydrogen) atoms. The summed E-state index contributed by atoms with van der Waals surface area (Å²) in [6.45, 7) is 1.54. The van der Waals surface area contributed by atoms with E-state index >= 15 is 0 Å². The summed E-state index contributed by atoms with van der Waals surface area (Å²) in [7, 11) is 0.514. The molecule has 3 rings (SSSR count). The molecule has 2 N–H and O–H groups in total. The average Bonchev–Trinajstić information content (AvgIpc) is 3.23. The van der Waals surface area contributed by atoms with Crippen LogP contribution in [0.3, 0.4) is 0 Å². The molecule has 0 radical (unpaired) electrons. The summed E-state index contributed by atoms with van der Waals surface area (Å²) in [5, 5.41) is 2.91. The normalized spacial score (nSPS) is 16.8. The summed E-state index contributed by atoms with van der Waals surface area (Å²) in [6.07, 6.45) is 4.47. The van der Waals surface area contributed by atoms with Crippen LogP contribution >= 0.6 is 0 Å². The molecule has 8 heteroatoms. The standard InChI is InChI=1S/C20H27N3O4S/c1-22(2)18(19-7-6-14-27-19)15-21-20(24)16-8-10-17(11-9-16)28(25,26)23-12-4-3-5-13-23/h6-11,14,18H,3-5,12-13,15H2,1-2H3,(H,21,24)/p+1/t18-/m0/s1. The third-order valence-corrected chi connectivity index (χ3v) is 7.03. The van der Waals surface area contributed by atoms with E-state index in [1.165, 1.54) is 16.4 Å². The number of sulfonamides is 1. The highest BCUT2D eigenvalue weighted by Crippen LogP contribution is 2.21. The SMILES string of the molecule is C[NH+](C)[C@@H](CNC(=O)c1ccc(S(=O)(=O)N2CCCCC2)cc1)c1ccco1. The summed E-state index contributed by atoms with van der Waals surface area (Å²) in [4.78, 5) is 13.9. The van der Waals surface area contributed by atoms with E-state index in [0.29, 0.717) is 25.2 Å². The average molecular weight is 407 g/mol. The number of likely N-dealkylation sites (N-methyl/N-ethyl adjacent to an activating group) is 1. The van der Waals surface area contributed by atoms with E-state index in [1.54, 1.807) is 18.4 Å². The molecule has 1 amide bonds. The second-order valence-electron chi connectivity index (χ2n) is 7.34. The number of nitrogens with one attached hydrogen (secondary N) is 2. The molecule has 2 heterocycles. The van der Waals surface area contributed by atoms with Crippen molar-refractivity contribution in [1.82, 2.24) is 9.62 Å². The van der Waals surface area contributed by atoms with Gasteiger partial charge in [-0.15, -0.1) is 0 Å². The van der Waals surface area contributed by atoms with Crippen molar-refractivity contribution in [2.45, 2.75) is 30.2 Å². The van der Waals surface area contributed by atoms with Crippen molar-refractivity contribution >= 4 is 15.9 Å². The molecule has 0 aliphatic carbocycles. The Labute approximate surface area is 166 Å². The third kappa shape index (κ3) is 4.63. The predicted octanol–water partition coefficient (Wildman–Crippen LogP) is 1.07. The van der Waals surface area contributed by atoms with Crippen LogP contribution in [-0.2, 0) is 10.0 Å². The van der Waals surface area contributed by atoms with E-state index in [4.69, 9.17) is 4.42 Å². The Hall–Kier alpha value is -2.16. The van der Waals surface area contributed by atoms with Gasteiger partial charge in [0.15, 0.2) is 11.8 Å². The molecule has 1 aliphatic heterocycles. The molecular formula is C20H28N3O4S+. The maximum absolute atomic E-state index is 12.7. The number of nitrogens with zero attached hydrogens (tertiary/aromatic N) is 1. The van der Waals surface area contributed by atoms with Gasteiger partial charge in [-0.25, -0.2) is 8.42 Å². The van der Waals surface area contributed by atoms with Gasteiger partial charge < -0.3 is 14.6 Å². The zero-order valence-electron chi connectivity index (χ0n) is 16.3. The number of benzene rings is 1. The van der Waals surface area contributed by atoms with E-state index in [1.807, 2.05) is 26.2 Å². The Morgan fingerprint density at radius 1 is 1.14 bits per heavy atom. The van der Waals surface area contributed by atoms with Gasteiger partial charge in [-0.2, -0.15) is 4.31 Å². The molecule has 1 aromatic heterocycles. The molecule has 0 spiro atoms. The summed E-state index contributed by atoms with van der Waals surface area (Å²) >= 11 is 0. The fraction of sp³-hybridized carbons (Fsp3) is 0.450. The molecule has 1 aromatic carbocycles. The van der Waals surface area contributed by atoms with Gasteiger partial charge in [0.2, 0.25) is 10.0 Å². The third-order valence-electron chi connectivity index (χ3n) is 5.12. The minimum absolute atomic E-state index is 0.00213. The zero-order valence-corrected chi connectivity index (χ0v) is 17.2. The molecular weight excluding hydrogens is 378 g/mol. The largest absolute Gasteiger partial charge is 0.463 e. The summed E-state index contributed by atoms with van der Waals surface area (Å²) in [5.74, 6) is 0.572. The maximum atomic E-state index is 12.7. The minimum Gasteiger partial charge on any atom is -0.463 e. The lowest BCUT2D eigenvalue weighted by molar-refractivity contribution is -0.891. The lowest BCUT2D eigenvalue weighted by atomic mass is 10.2.